The molecule has 0 heterocycles. The van der Waals surface area contributed by atoms with Crippen molar-refractivity contribution in [2.75, 3.05) is 0 Å². The summed E-state index contributed by atoms with van der Waals surface area (Å²) in [5, 5.41) is 7.44. The molecule has 0 fully saturated rings. The molecular formula is C10H10N6. The number of azide groups is 2. The fraction of sp³-hybridized carbons (Fsp3) is 0.400. The molecule has 6 nitrogen and oxygen atoms in total. The number of aryl methyl sites for hydroxylation is 1. The minimum Gasteiger partial charge on any atom is -0.0898 e. The number of hydrogen-bond acceptors (Lipinski definition) is 2. The molecule has 0 amide bonds. The van der Waals surface area contributed by atoms with Gasteiger partial charge in [-0.15, -0.1) is 0 Å². The van der Waals surface area contributed by atoms with Crippen LogP contribution >= 0.6 is 0 Å². The number of nitrogens with zero attached hydrogens (tertiary/aromatic N) is 6. The Labute approximate surface area is 92.2 Å². The molecule has 0 saturated carbocycles. The number of benzene rings is 1. The summed E-state index contributed by atoms with van der Waals surface area (Å²) in [6.07, 6.45) is 1.59. The van der Waals surface area contributed by atoms with Crippen molar-refractivity contribution in [1.82, 2.24) is 0 Å². The second-order valence-corrected chi connectivity index (χ2v) is 3.66. The Bertz CT molecular complexity index is 484. The third-order valence-electron chi connectivity index (χ3n) is 2.82. The van der Waals surface area contributed by atoms with E-state index in [2.05, 4.69) is 20.1 Å². The van der Waals surface area contributed by atoms with Crippen LogP contribution in [0.25, 0.3) is 20.9 Å². The predicted octanol–water partition coefficient (Wildman–Crippen LogP) is 3.66. The molecule has 0 aliphatic heterocycles. The highest BCUT2D eigenvalue weighted by molar-refractivity contribution is 5.34. The van der Waals surface area contributed by atoms with Crippen molar-refractivity contribution in [2.24, 2.45) is 10.2 Å². The van der Waals surface area contributed by atoms with Crippen LogP contribution in [0.1, 0.15) is 23.6 Å². The molecule has 0 N–H and O–H groups in total. The van der Waals surface area contributed by atoms with Crippen LogP contribution in [-0.2, 0) is 6.42 Å². The summed E-state index contributed by atoms with van der Waals surface area (Å²) < 4.78 is 0. The molecule has 1 aromatic carbocycles. The molecular weight excluding hydrogens is 204 g/mol. The average molecular weight is 214 g/mol. The molecule has 6 heteroatoms. The third kappa shape index (κ3) is 1.80. The van der Waals surface area contributed by atoms with Gasteiger partial charge in [0.1, 0.15) is 0 Å². The summed E-state index contributed by atoms with van der Waals surface area (Å²) in [7, 11) is 0. The summed E-state index contributed by atoms with van der Waals surface area (Å²) >= 11 is 0. The SMILES string of the molecule is [N-]=[N+]=N[C@@H]1c2ccccc2CC[C@H]1N=[N+]=[N-]. The van der Waals surface area contributed by atoms with Crippen LogP contribution in [0.5, 0.6) is 0 Å². The van der Waals surface area contributed by atoms with E-state index in [0.29, 0.717) is 0 Å². The van der Waals surface area contributed by atoms with E-state index < -0.39 is 0 Å². The van der Waals surface area contributed by atoms with Gasteiger partial charge in [0.15, 0.2) is 0 Å². The quantitative estimate of drug-likeness (QED) is 0.407. The zero-order valence-electron chi connectivity index (χ0n) is 8.56. The first-order valence-electron chi connectivity index (χ1n) is 5.03. The van der Waals surface area contributed by atoms with Crippen molar-refractivity contribution in [1.29, 1.82) is 0 Å². The lowest BCUT2D eigenvalue weighted by molar-refractivity contribution is 0.478. The lowest BCUT2D eigenvalue weighted by atomic mass is 9.85. The summed E-state index contributed by atoms with van der Waals surface area (Å²) in [6.45, 7) is 0. The molecule has 1 aromatic rings. The Morgan fingerprint density at radius 1 is 1.12 bits per heavy atom. The molecule has 0 aromatic heterocycles. The number of hydrogen-bond donors (Lipinski definition) is 0. The van der Waals surface area contributed by atoms with Gasteiger partial charge in [-0.25, -0.2) is 0 Å². The van der Waals surface area contributed by atoms with Crippen molar-refractivity contribution >= 4 is 0 Å². The normalized spacial score (nSPS) is 22.5. The van der Waals surface area contributed by atoms with E-state index >= 15 is 0 Å². The van der Waals surface area contributed by atoms with E-state index in [-0.39, 0.29) is 12.1 Å². The predicted molar refractivity (Wildman–Crippen MR) is 59.6 cm³/mol. The van der Waals surface area contributed by atoms with Crippen molar-refractivity contribution in [2.45, 2.75) is 24.9 Å². The Morgan fingerprint density at radius 3 is 2.62 bits per heavy atom. The van der Waals surface area contributed by atoms with E-state index in [4.69, 9.17) is 11.1 Å². The van der Waals surface area contributed by atoms with Crippen LogP contribution in [0, 0.1) is 0 Å². The minimum absolute atomic E-state index is 0.268. The Balaban J connectivity index is 2.46. The van der Waals surface area contributed by atoms with E-state index in [0.717, 1.165) is 18.4 Å². The van der Waals surface area contributed by atoms with E-state index in [1.165, 1.54) is 5.56 Å². The van der Waals surface area contributed by atoms with Crippen molar-refractivity contribution < 1.29 is 0 Å². The minimum atomic E-state index is -0.370. The highest BCUT2D eigenvalue weighted by Gasteiger charge is 2.27. The largest absolute Gasteiger partial charge is 0.0898 e. The van der Waals surface area contributed by atoms with Crippen LogP contribution in [-0.4, -0.2) is 6.04 Å². The van der Waals surface area contributed by atoms with E-state index in [9.17, 15) is 0 Å². The van der Waals surface area contributed by atoms with Crippen LogP contribution in [0.3, 0.4) is 0 Å². The standard InChI is InChI=1S/C10H10N6/c11-15-13-9-6-5-7-3-1-2-4-8(7)10(9)14-16-12/h1-4,9-10H,5-6H2/t9-,10-/m1/s1. The van der Waals surface area contributed by atoms with Crippen molar-refractivity contribution in [3.8, 4) is 0 Å². The fourth-order valence-electron chi connectivity index (χ4n) is 2.10. The Morgan fingerprint density at radius 2 is 1.88 bits per heavy atom. The molecule has 80 valence electrons. The molecule has 16 heavy (non-hydrogen) atoms. The van der Waals surface area contributed by atoms with Gasteiger partial charge in [-0.2, -0.15) is 0 Å². The van der Waals surface area contributed by atoms with Gasteiger partial charge in [0.05, 0.1) is 12.1 Å². The van der Waals surface area contributed by atoms with Gasteiger partial charge in [0, 0.05) is 9.82 Å². The van der Waals surface area contributed by atoms with Gasteiger partial charge >= 0.3 is 0 Å². The molecule has 0 saturated heterocycles. The molecule has 0 bridgehead atoms. The van der Waals surface area contributed by atoms with E-state index in [1.54, 1.807) is 0 Å². The summed E-state index contributed by atoms with van der Waals surface area (Å²) in [5.41, 5.74) is 19.2. The van der Waals surface area contributed by atoms with Gasteiger partial charge in [-0.05, 0) is 35.0 Å². The maximum Gasteiger partial charge on any atom is 0.0712 e. The second kappa shape index (κ2) is 4.57. The van der Waals surface area contributed by atoms with Crippen LogP contribution < -0.4 is 0 Å². The van der Waals surface area contributed by atoms with Crippen LogP contribution in [0.15, 0.2) is 34.5 Å². The molecule has 1 aliphatic carbocycles. The van der Waals surface area contributed by atoms with Gasteiger partial charge in [-0.3, -0.25) is 0 Å². The first-order chi connectivity index (χ1) is 7.86. The highest BCUT2D eigenvalue weighted by atomic mass is 15.2. The van der Waals surface area contributed by atoms with Crippen molar-refractivity contribution in [3.05, 3.63) is 56.3 Å². The number of rotatable bonds is 2. The van der Waals surface area contributed by atoms with Crippen LogP contribution in [0.4, 0.5) is 0 Å². The average Bonchev–Trinajstić information content (AvgIpc) is 2.32. The topological polar surface area (TPSA) is 97.5 Å². The monoisotopic (exact) mass is 214 g/mol. The molecule has 0 radical (unpaired) electrons. The maximum atomic E-state index is 8.55. The van der Waals surface area contributed by atoms with Crippen LogP contribution in [0.2, 0.25) is 0 Å². The van der Waals surface area contributed by atoms with Gasteiger partial charge in [0.2, 0.25) is 0 Å². The first kappa shape index (κ1) is 10.4. The lowest BCUT2D eigenvalue weighted by Crippen LogP contribution is -2.21. The third-order valence-corrected chi connectivity index (χ3v) is 2.82. The molecule has 0 unspecified atom stereocenters. The van der Waals surface area contributed by atoms with Gasteiger partial charge < -0.3 is 0 Å². The molecule has 0 spiro atoms. The molecule has 1 aliphatic rings. The molecule has 2 rings (SSSR count). The molecule has 2 atom stereocenters. The van der Waals surface area contributed by atoms with E-state index in [1.807, 2.05) is 24.3 Å². The smallest absolute Gasteiger partial charge is 0.0712 e. The highest BCUT2D eigenvalue weighted by Crippen LogP contribution is 2.34. The summed E-state index contributed by atoms with van der Waals surface area (Å²) in [6, 6.07) is 7.16. The van der Waals surface area contributed by atoms with Gasteiger partial charge in [-0.1, -0.05) is 34.5 Å². The van der Waals surface area contributed by atoms with Gasteiger partial charge in [0.25, 0.3) is 0 Å². The lowest BCUT2D eigenvalue weighted by Gasteiger charge is -2.27. The maximum absolute atomic E-state index is 8.55. The summed E-state index contributed by atoms with van der Waals surface area (Å²) in [5.74, 6) is 0. The summed E-state index contributed by atoms with van der Waals surface area (Å²) in [4.78, 5) is 5.64. The Hall–Kier alpha value is -2.16. The Kier molecular flexibility index (Phi) is 2.96. The zero-order chi connectivity index (χ0) is 11.4. The van der Waals surface area contributed by atoms with Crippen molar-refractivity contribution in [3.63, 3.8) is 0 Å². The fourth-order valence-corrected chi connectivity index (χ4v) is 2.10. The second-order valence-electron chi connectivity index (χ2n) is 3.66. The number of fused-ring (bicyclic) bond motifs is 1. The first-order valence-corrected chi connectivity index (χ1v) is 5.03. The zero-order valence-corrected chi connectivity index (χ0v) is 8.56.